The van der Waals surface area contributed by atoms with E-state index in [-0.39, 0.29) is 57.6 Å². The van der Waals surface area contributed by atoms with Crippen LogP contribution in [0.25, 0.3) is 5.57 Å². The molecule has 1 aliphatic heterocycles. The maximum absolute atomic E-state index is 13.4. The number of hydrogen-bond acceptors (Lipinski definition) is 5. The van der Waals surface area contributed by atoms with Crippen molar-refractivity contribution in [2.45, 2.75) is 118 Å². The summed E-state index contributed by atoms with van der Waals surface area (Å²) in [4.78, 5) is 25.5. The lowest BCUT2D eigenvalue weighted by molar-refractivity contribution is -0.275. The number of rotatable bonds is 4. The number of allylic oxidation sites excluding steroid dienone is 3. The number of ether oxygens (including phenoxy) is 3. The second-order valence-corrected chi connectivity index (χ2v) is 18.0. The molecule has 6 nitrogen and oxygen atoms in total. The summed E-state index contributed by atoms with van der Waals surface area (Å²) in [6.45, 7) is 23.0. The Hall–Kier alpha value is -2.44. The number of hydrogen-bond donors (Lipinski definition) is 1. The number of esters is 1. The highest BCUT2D eigenvalue weighted by molar-refractivity contribution is 5.90. The van der Waals surface area contributed by atoms with Crippen LogP contribution >= 0.6 is 0 Å². The molecule has 0 radical (unpaired) electrons. The van der Waals surface area contributed by atoms with Crippen molar-refractivity contribution in [3.63, 3.8) is 0 Å². The number of methoxy groups -OCH3 is 1. The van der Waals surface area contributed by atoms with Crippen molar-refractivity contribution in [2.24, 2.45) is 56.7 Å². The molecule has 0 aromatic heterocycles. The summed E-state index contributed by atoms with van der Waals surface area (Å²) in [6, 6.07) is 7.90. The van der Waals surface area contributed by atoms with E-state index in [0.29, 0.717) is 30.2 Å². The van der Waals surface area contributed by atoms with Crippen LogP contribution in [-0.2, 0) is 19.0 Å². The molecular weight excluding hydrogens is 588 g/mol. The molecule has 6 aliphatic rings. The molecule has 0 unspecified atom stereocenters. The third-order valence-corrected chi connectivity index (χ3v) is 15.6. The largest absolute Gasteiger partial charge is 0.481 e. The van der Waals surface area contributed by atoms with Crippen LogP contribution in [0.4, 0.5) is 0 Å². The van der Waals surface area contributed by atoms with E-state index in [9.17, 15) is 14.7 Å². The molecule has 5 aliphatic carbocycles. The average Bonchev–Trinajstić information content (AvgIpc) is 3.37. The second kappa shape index (κ2) is 10.3. The van der Waals surface area contributed by atoms with Crippen LogP contribution in [0.1, 0.15) is 116 Å². The fourth-order valence-corrected chi connectivity index (χ4v) is 13.5. The SMILES string of the molecule is C=C(C)[C@@H]1CC[C@]2(C(=O)O)C[C@@H]3OC(C)(C)O[C@H]4C[C@H]5C(C)(C)C(c6ccc(C(=O)OC)cc6)=CC[C@]5(C)[C@H]5CC[C@H]([C@@H]12)[C@]3(C)[C@]45C. The van der Waals surface area contributed by atoms with E-state index < -0.39 is 17.2 Å². The summed E-state index contributed by atoms with van der Waals surface area (Å²) in [5.74, 6) is -0.536. The maximum Gasteiger partial charge on any atom is 0.337 e. The molecule has 1 aromatic carbocycles. The first-order valence-corrected chi connectivity index (χ1v) is 18.0. The molecule has 7 rings (SSSR count). The summed E-state index contributed by atoms with van der Waals surface area (Å²) in [5.41, 5.74) is 2.85. The number of carbonyl (C=O) groups excluding carboxylic acids is 1. The van der Waals surface area contributed by atoms with Crippen molar-refractivity contribution in [1.82, 2.24) is 0 Å². The number of carboxylic acid groups (broad SMARTS) is 1. The Morgan fingerprint density at radius 3 is 2.19 bits per heavy atom. The van der Waals surface area contributed by atoms with Gasteiger partial charge in [-0.2, -0.15) is 0 Å². The van der Waals surface area contributed by atoms with E-state index in [1.807, 2.05) is 12.1 Å². The van der Waals surface area contributed by atoms with Crippen molar-refractivity contribution < 1.29 is 28.9 Å². The zero-order valence-electron chi connectivity index (χ0n) is 30.1. The van der Waals surface area contributed by atoms with Crippen LogP contribution in [0.3, 0.4) is 0 Å². The van der Waals surface area contributed by atoms with Gasteiger partial charge in [-0.3, -0.25) is 4.79 Å². The monoisotopic (exact) mass is 644 g/mol. The van der Waals surface area contributed by atoms with Crippen LogP contribution in [0.15, 0.2) is 42.5 Å². The normalized spacial score (nSPS) is 45.7. The molecule has 0 amide bonds. The van der Waals surface area contributed by atoms with Crippen LogP contribution in [-0.4, -0.2) is 42.1 Å². The Morgan fingerprint density at radius 1 is 0.915 bits per heavy atom. The Balaban J connectivity index is 1.35. The number of aliphatic carboxylic acids is 1. The molecule has 0 spiro atoms. The van der Waals surface area contributed by atoms with Gasteiger partial charge in [0.25, 0.3) is 0 Å². The highest BCUT2D eigenvalue weighted by Gasteiger charge is 2.78. The van der Waals surface area contributed by atoms with Gasteiger partial charge in [-0.25, -0.2) is 4.79 Å². The fraction of sp³-hybridized carbons (Fsp3) is 0.707. The minimum Gasteiger partial charge on any atom is -0.481 e. The molecule has 5 fully saturated rings. The van der Waals surface area contributed by atoms with E-state index in [0.717, 1.165) is 43.2 Å². The lowest BCUT2D eigenvalue weighted by Gasteiger charge is -2.73. The quantitative estimate of drug-likeness (QED) is 0.260. The van der Waals surface area contributed by atoms with Gasteiger partial charge in [-0.05, 0) is 129 Å². The van der Waals surface area contributed by atoms with Crippen molar-refractivity contribution in [3.8, 4) is 0 Å². The molecule has 11 atom stereocenters. The smallest absolute Gasteiger partial charge is 0.337 e. The topological polar surface area (TPSA) is 82.1 Å². The average molecular weight is 645 g/mol. The third kappa shape index (κ3) is 4.16. The van der Waals surface area contributed by atoms with E-state index in [1.54, 1.807) is 0 Å². The first-order valence-electron chi connectivity index (χ1n) is 18.0. The highest BCUT2D eigenvalue weighted by Crippen LogP contribution is 2.79. The molecule has 1 N–H and O–H groups in total. The maximum atomic E-state index is 13.4. The minimum absolute atomic E-state index is 0.0271. The van der Waals surface area contributed by atoms with Gasteiger partial charge in [0.15, 0.2) is 5.79 Å². The standard InChI is InChI=1S/C41H56O6/c1-23(2)26-17-20-41(35(43)44)22-32-39(8)28(33(26)41)15-16-29-38(7)19-18-27(24-11-13-25(14-12-24)34(42)45-10)36(3,4)30(38)21-31(40(29,39)9)46-37(5,6)47-32/h11-14,18,26,28-33H,1,15-17,19-22H2,2-10H3,(H,43,44)/t26-,28+,29+,30-,31-,32-,33+,38+,39-,40-,41-/m0/s1. The number of benzene rings is 1. The van der Waals surface area contributed by atoms with Gasteiger partial charge in [0.2, 0.25) is 0 Å². The van der Waals surface area contributed by atoms with Crippen molar-refractivity contribution in [3.05, 3.63) is 53.6 Å². The number of fused-ring (bicyclic) bond motifs is 4. The molecule has 1 aromatic rings. The molecule has 256 valence electrons. The van der Waals surface area contributed by atoms with Crippen LogP contribution in [0, 0.1) is 56.7 Å². The third-order valence-electron chi connectivity index (χ3n) is 15.6. The van der Waals surface area contributed by atoms with Gasteiger partial charge in [-0.1, -0.05) is 65.0 Å². The van der Waals surface area contributed by atoms with E-state index in [4.69, 9.17) is 14.2 Å². The van der Waals surface area contributed by atoms with Crippen molar-refractivity contribution in [2.75, 3.05) is 7.11 Å². The summed E-state index contributed by atoms with van der Waals surface area (Å²) < 4.78 is 19.3. The fourth-order valence-electron chi connectivity index (χ4n) is 13.5. The van der Waals surface area contributed by atoms with Gasteiger partial charge >= 0.3 is 11.9 Å². The Labute approximate surface area is 281 Å². The Kier molecular flexibility index (Phi) is 7.24. The zero-order valence-corrected chi connectivity index (χ0v) is 30.1. The van der Waals surface area contributed by atoms with Crippen LogP contribution < -0.4 is 0 Å². The van der Waals surface area contributed by atoms with Gasteiger partial charge < -0.3 is 19.3 Å². The molecule has 1 saturated heterocycles. The van der Waals surface area contributed by atoms with Gasteiger partial charge in [0.05, 0.1) is 30.3 Å². The first kappa shape index (κ1) is 33.1. The van der Waals surface area contributed by atoms with Crippen LogP contribution in [0.2, 0.25) is 0 Å². The predicted octanol–water partition coefficient (Wildman–Crippen LogP) is 8.95. The molecule has 47 heavy (non-hydrogen) atoms. The first-order chi connectivity index (χ1) is 21.9. The zero-order chi connectivity index (χ0) is 34.1. The van der Waals surface area contributed by atoms with E-state index in [2.05, 4.69) is 80.2 Å². The van der Waals surface area contributed by atoms with E-state index in [1.165, 1.54) is 12.7 Å². The summed E-state index contributed by atoms with van der Waals surface area (Å²) in [6.07, 6.45) is 8.39. The molecular formula is C41H56O6. The van der Waals surface area contributed by atoms with Gasteiger partial charge in [-0.15, -0.1) is 0 Å². The Morgan fingerprint density at radius 2 is 1.57 bits per heavy atom. The van der Waals surface area contributed by atoms with E-state index >= 15 is 0 Å². The molecule has 6 heteroatoms. The molecule has 1 heterocycles. The number of carboxylic acids is 1. The van der Waals surface area contributed by atoms with Gasteiger partial charge in [0.1, 0.15) is 0 Å². The lowest BCUT2D eigenvalue weighted by atomic mass is 9.31. The molecule has 0 bridgehead atoms. The minimum atomic E-state index is -0.832. The summed E-state index contributed by atoms with van der Waals surface area (Å²) in [5, 5.41) is 11.0. The molecule has 4 saturated carbocycles. The van der Waals surface area contributed by atoms with Gasteiger partial charge in [0, 0.05) is 10.8 Å². The van der Waals surface area contributed by atoms with Crippen molar-refractivity contribution in [1.29, 1.82) is 0 Å². The predicted molar refractivity (Wildman–Crippen MR) is 182 cm³/mol. The highest BCUT2D eigenvalue weighted by atomic mass is 16.7. The summed E-state index contributed by atoms with van der Waals surface area (Å²) in [7, 11) is 1.42. The second-order valence-electron chi connectivity index (χ2n) is 18.0. The van der Waals surface area contributed by atoms with Crippen LogP contribution in [0.5, 0.6) is 0 Å². The lowest BCUT2D eigenvalue weighted by Crippen LogP contribution is -2.72. The number of carbonyl (C=O) groups is 2. The van der Waals surface area contributed by atoms with Crippen molar-refractivity contribution >= 4 is 17.5 Å². The summed E-state index contributed by atoms with van der Waals surface area (Å²) >= 11 is 0. The Bertz CT molecular complexity index is 1540.